The van der Waals surface area contributed by atoms with Crippen molar-refractivity contribution < 1.29 is 13.9 Å². The fourth-order valence-corrected chi connectivity index (χ4v) is 2.59. The van der Waals surface area contributed by atoms with Gasteiger partial charge in [-0.3, -0.25) is 14.8 Å². The van der Waals surface area contributed by atoms with Gasteiger partial charge in [0.15, 0.2) is 5.58 Å². The first kappa shape index (κ1) is 17.5. The number of fused-ring (bicyclic) bond motifs is 1. The summed E-state index contributed by atoms with van der Waals surface area (Å²) in [7, 11) is 1.55. The molecule has 3 aromatic heterocycles. The zero-order valence-electron chi connectivity index (χ0n) is 15.0. The molecule has 0 atom stereocenters. The maximum atomic E-state index is 11.7. The van der Waals surface area contributed by atoms with Crippen molar-refractivity contribution in [1.82, 2.24) is 20.3 Å². The van der Waals surface area contributed by atoms with Gasteiger partial charge in [-0.2, -0.15) is 4.98 Å². The number of rotatable bonds is 6. The molecule has 140 valence electrons. The number of nitrogens with zero attached hydrogens (tertiary/aromatic N) is 3. The van der Waals surface area contributed by atoms with Gasteiger partial charge in [-0.1, -0.05) is 0 Å². The Kier molecular flexibility index (Phi) is 4.83. The largest absolute Gasteiger partial charge is 0.457 e. The fourth-order valence-electron chi connectivity index (χ4n) is 2.59. The first-order valence-electron chi connectivity index (χ1n) is 8.60. The van der Waals surface area contributed by atoms with Crippen molar-refractivity contribution in [3.05, 3.63) is 72.3 Å². The molecule has 3 heterocycles. The van der Waals surface area contributed by atoms with Crippen LogP contribution < -0.4 is 15.4 Å². The van der Waals surface area contributed by atoms with E-state index in [1.807, 2.05) is 18.2 Å². The van der Waals surface area contributed by atoms with Gasteiger partial charge in [0.05, 0.1) is 0 Å². The molecule has 0 unspecified atom stereocenters. The number of amides is 1. The predicted octanol–water partition coefficient (Wildman–Crippen LogP) is 3.38. The van der Waals surface area contributed by atoms with Gasteiger partial charge in [-0.05, 0) is 35.9 Å². The molecule has 4 rings (SSSR count). The molecule has 0 saturated carbocycles. The molecule has 2 N–H and O–H groups in total. The molecular weight excluding hydrogens is 358 g/mol. The van der Waals surface area contributed by atoms with Gasteiger partial charge in [-0.15, -0.1) is 0 Å². The van der Waals surface area contributed by atoms with E-state index >= 15 is 0 Å². The summed E-state index contributed by atoms with van der Waals surface area (Å²) < 4.78 is 11.6. The third-order valence-corrected chi connectivity index (χ3v) is 3.98. The van der Waals surface area contributed by atoms with Crippen LogP contribution in [0.4, 0.5) is 6.01 Å². The second-order valence-corrected chi connectivity index (χ2v) is 5.92. The number of carbonyl (C=O) groups is 1. The van der Waals surface area contributed by atoms with Gasteiger partial charge in [0.1, 0.15) is 22.7 Å². The van der Waals surface area contributed by atoms with E-state index in [1.165, 1.54) is 6.20 Å². The number of nitrogens with one attached hydrogen (secondary N) is 2. The highest BCUT2D eigenvalue weighted by Crippen LogP contribution is 2.27. The van der Waals surface area contributed by atoms with Gasteiger partial charge in [0, 0.05) is 44.3 Å². The lowest BCUT2D eigenvalue weighted by Gasteiger charge is -2.06. The van der Waals surface area contributed by atoms with Crippen molar-refractivity contribution >= 4 is 23.0 Å². The molecule has 0 spiro atoms. The molecule has 0 aliphatic rings. The third kappa shape index (κ3) is 3.90. The van der Waals surface area contributed by atoms with Crippen molar-refractivity contribution in [1.29, 1.82) is 0 Å². The van der Waals surface area contributed by atoms with Crippen molar-refractivity contribution in [2.45, 2.75) is 6.54 Å². The standard InChI is InChI=1S/C20H17N5O3/c1-21-19(26)17-10-15(6-9-23-17)27-14-2-3-16-18(11-14)28-20(25-16)24-12-13-4-7-22-8-5-13/h2-11H,12H2,1H3,(H,21,26)(H,24,25). The number of oxazole rings is 1. The number of carbonyl (C=O) groups excluding carboxylic acids is 1. The van der Waals surface area contributed by atoms with Crippen molar-refractivity contribution in [3.63, 3.8) is 0 Å². The third-order valence-electron chi connectivity index (χ3n) is 3.98. The topological polar surface area (TPSA) is 102 Å². The number of benzene rings is 1. The highest BCUT2D eigenvalue weighted by Gasteiger charge is 2.10. The first-order chi connectivity index (χ1) is 13.7. The Morgan fingerprint density at radius 1 is 1.07 bits per heavy atom. The second-order valence-electron chi connectivity index (χ2n) is 5.92. The van der Waals surface area contributed by atoms with Crippen molar-refractivity contribution in [3.8, 4) is 11.5 Å². The molecule has 28 heavy (non-hydrogen) atoms. The van der Waals surface area contributed by atoms with Crippen LogP contribution >= 0.6 is 0 Å². The Bertz CT molecular complexity index is 1110. The summed E-state index contributed by atoms with van der Waals surface area (Å²) in [5, 5.41) is 5.68. The molecule has 0 aliphatic carbocycles. The molecular formula is C20H17N5O3. The first-order valence-corrected chi connectivity index (χ1v) is 8.60. The van der Waals surface area contributed by atoms with Gasteiger partial charge < -0.3 is 19.8 Å². The number of ether oxygens (including phenoxy) is 1. The zero-order valence-corrected chi connectivity index (χ0v) is 15.0. The molecule has 1 amide bonds. The van der Waals surface area contributed by atoms with Crippen molar-refractivity contribution in [2.75, 3.05) is 12.4 Å². The van der Waals surface area contributed by atoms with E-state index in [4.69, 9.17) is 9.15 Å². The van der Waals surface area contributed by atoms with Crippen LogP contribution in [0.15, 0.2) is 65.5 Å². The second kappa shape index (κ2) is 7.75. The Morgan fingerprint density at radius 3 is 2.71 bits per heavy atom. The van der Waals surface area contributed by atoms with Gasteiger partial charge in [0.25, 0.3) is 11.9 Å². The van der Waals surface area contributed by atoms with E-state index in [2.05, 4.69) is 25.6 Å². The van der Waals surface area contributed by atoms with E-state index in [1.54, 1.807) is 43.7 Å². The van der Waals surface area contributed by atoms with Gasteiger partial charge in [-0.25, -0.2) is 0 Å². The summed E-state index contributed by atoms with van der Waals surface area (Å²) in [5.41, 5.74) is 2.66. The number of anilines is 1. The maximum absolute atomic E-state index is 11.7. The highest BCUT2D eigenvalue weighted by atomic mass is 16.5. The molecule has 0 aliphatic heterocycles. The molecule has 0 saturated heterocycles. The van der Waals surface area contributed by atoms with Gasteiger partial charge >= 0.3 is 0 Å². The minimum Gasteiger partial charge on any atom is -0.457 e. The normalized spacial score (nSPS) is 10.6. The Morgan fingerprint density at radius 2 is 1.89 bits per heavy atom. The maximum Gasteiger partial charge on any atom is 0.295 e. The van der Waals surface area contributed by atoms with Crippen LogP contribution in [0.25, 0.3) is 11.1 Å². The number of aromatic nitrogens is 3. The summed E-state index contributed by atoms with van der Waals surface area (Å²) in [4.78, 5) is 24.1. The van der Waals surface area contributed by atoms with Gasteiger partial charge in [0.2, 0.25) is 0 Å². The minimum absolute atomic E-state index is 0.277. The summed E-state index contributed by atoms with van der Waals surface area (Å²) in [6, 6.07) is 12.9. The lowest BCUT2D eigenvalue weighted by Crippen LogP contribution is -2.18. The van der Waals surface area contributed by atoms with E-state index in [9.17, 15) is 4.79 Å². The number of hydrogen-bond donors (Lipinski definition) is 2. The fraction of sp³-hybridized carbons (Fsp3) is 0.100. The number of hydrogen-bond acceptors (Lipinski definition) is 7. The molecule has 0 fully saturated rings. The Hall–Kier alpha value is -3.94. The van der Waals surface area contributed by atoms with Crippen LogP contribution in [0.1, 0.15) is 16.1 Å². The monoisotopic (exact) mass is 375 g/mol. The van der Waals surface area contributed by atoms with E-state index in [0.29, 0.717) is 35.2 Å². The van der Waals surface area contributed by atoms with Crippen LogP contribution in [0.2, 0.25) is 0 Å². The van der Waals surface area contributed by atoms with E-state index < -0.39 is 0 Å². The summed E-state index contributed by atoms with van der Waals surface area (Å²) in [6.45, 7) is 0.581. The number of pyridine rings is 2. The average molecular weight is 375 g/mol. The molecule has 8 heteroatoms. The highest BCUT2D eigenvalue weighted by molar-refractivity contribution is 5.92. The summed E-state index contributed by atoms with van der Waals surface area (Å²) in [6.07, 6.45) is 5.00. The van der Waals surface area contributed by atoms with Crippen LogP contribution in [0, 0.1) is 0 Å². The lowest BCUT2D eigenvalue weighted by atomic mass is 10.3. The molecule has 8 nitrogen and oxygen atoms in total. The Labute approximate surface area is 160 Å². The summed E-state index contributed by atoms with van der Waals surface area (Å²) in [5.74, 6) is 0.794. The predicted molar refractivity (Wildman–Crippen MR) is 103 cm³/mol. The van der Waals surface area contributed by atoms with E-state index in [-0.39, 0.29) is 11.6 Å². The molecule has 1 aromatic carbocycles. The lowest BCUT2D eigenvalue weighted by molar-refractivity contribution is 0.0958. The smallest absolute Gasteiger partial charge is 0.295 e. The zero-order chi connectivity index (χ0) is 19.3. The van der Waals surface area contributed by atoms with Crippen molar-refractivity contribution in [2.24, 2.45) is 0 Å². The minimum atomic E-state index is -0.277. The molecule has 0 radical (unpaired) electrons. The summed E-state index contributed by atoms with van der Waals surface area (Å²) >= 11 is 0. The van der Waals surface area contributed by atoms with Crippen LogP contribution in [0.5, 0.6) is 11.5 Å². The Balaban J connectivity index is 1.49. The molecule has 0 bridgehead atoms. The van der Waals surface area contributed by atoms with Crippen LogP contribution in [-0.2, 0) is 6.54 Å². The van der Waals surface area contributed by atoms with Crippen LogP contribution in [-0.4, -0.2) is 27.9 Å². The van der Waals surface area contributed by atoms with Crippen LogP contribution in [0.3, 0.4) is 0 Å². The average Bonchev–Trinajstić information content (AvgIpc) is 3.15. The quantitative estimate of drug-likeness (QED) is 0.532. The van der Waals surface area contributed by atoms with E-state index in [0.717, 1.165) is 5.56 Å². The SMILES string of the molecule is CNC(=O)c1cc(Oc2ccc3nc(NCc4ccncc4)oc3c2)ccn1. The molecule has 4 aromatic rings.